The van der Waals surface area contributed by atoms with Crippen LogP contribution in [0.1, 0.15) is 26.7 Å². The maximum atomic E-state index is 15.0. The Kier molecular flexibility index (Phi) is 6.33. The van der Waals surface area contributed by atoms with Gasteiger partial charge in [-0.3, -0.25) is 0 Å². The molecule has 1 heterocycles. The number of esters is 1. The summed E-state index contributed by atoms with van der Waals surface area (Å²) < 4.78 is 109. The molecule has 0 aromatic heterocycles. The molecule has 1 fully saturated rings. The molecular formula is C13H13F7N6O4. The van der Waals surface area contributed by atoms with Crippen LogP contribution in [0.25, 0.3) is 20.9 Å². The molecule has 3 atom stereocenters. The molecular weight excluding hydrogens is 437 g/mol. The zero-order chi connectivity index (χ0) is 23.8. The van der Waals surface area contributed by atoms with Crippen molar-refractivity contribution in [1.29, 1.82) is 0 Å². The molecule has 0 amide bonds. The van der Waals surface area contributed by atoms with Gasteiger partial charge in [-0.05, 0) is 29.0 Å². The van der Waals surface area contributed by atoms with Crippen LogP contribution in [-0.2, 0) is 14.3 Å². The van der Waals surface area contributed by atoms with Crippen molar-refractivity contribution in [2.24, 2.45) is 10.2 Å². The molecule has 0 radical (unpaired) electrons. The van der Waals surface area contributed by atoms with Crippen LogP contribution >= 0.6 is 0 Å². The molecule has 0 aliphatic carbocycles. The van der Waals surface area contributed by atoms with Crippen molar-refractivity contribution in [2.75, 3.05) is 0 Å². The van der Waals surface area contributed by atoms with Gasteiger partial charge in [0.15, 0.2) is 0 Å². The maximum Gasteiger partial charge on any atom is 0.423 e. The van der Waals surface area contributed by atoms with Crippen LogP contribution in [0, 0.1) is 0 Å². The molecule has 30 heavy (non-hydrogen) atoms. The Morgan fingerprint density at radius 1 is 1.13 bits per heavy atom. The Balaban J connectivity index is 4.01. The Hall–Kier alpha value is -2.74. The quantitative estimate of drug-likeness (QED) is 0.158. The third-order valence-corrected chi connectivity index (χ3v) is 4.53. The fourth-order valence-corrected chi connectivity index (χ4v) is 2.86. The summed E-state index contributed by atoms with van der Waals surface area (Å²) in [6, 6.07) is 0. The number of aliphatic hydroxyl groups is 1. The second-order valence-electron chi connectivity index (χ2n) is 5.94. The Morgan fingerprint density at radius 2 is 1.67 bits per heavy atom. The highest BCUT2D eigenvalue weighted by Gasteiger charge is 2.91. The summed E-state index contributed by atoms with van der Waals surface area (Å²) in [4.78, 5) is 15.7. The predicted octanol–water partition coefficient (Wildman–Crippen LogP) is 4.47. The molecule has 1 aliphatic heterocycles. The minimum atomic E-state index is -6.14. The third kappa shape index (κ3) is 3.01. The molecule has 0 aromatic carbocycles. The minimum absolute atomic E-state index is 0.461. The summed E-state index contributed by atoms with van der Waals surface area (Å²) in [5, 5.41) is 14.9. The number of azide groups is 2. The molecule has 1 rings (SSSR count). The molecule has 17 heteroatoms. The molecule has 168 valence electrons. The van der Waals surface area contributed by atoms with E-state index in [-0.39, 0.29) is 0 Å². The van der Waals surface area contributed by atoms with Gasteiger partial charge >= 0.3 is 29.9 Å². The van der Waals surface area contributed by atoms with E-state index in [2.05, 4.69) is 31.2 Å². The van der Waals surface area contributed by atoms with Crippen molar-refractivity contribution < 1.29 is 50.1 Å². The van der Waals surface area contributed by atoms with E-state index in [0.717, 1.165) is 0 Å². The number of rotatable bonds is 6. The van der Waals surface area contributed by atoms with Crippen molar-refractivity contribution in [2.45, 2.75) is 61.8 Å². The van der Waals surface area contributed by atoms with Gasteiger partial charge in [-0.1, -0.05) is 25.5 Å². The highest BCUT2D eigenvalue weighted by atomic mass is 19.4. The first kappa shape index (κ1) is 25.3. The van der Waals surface area contributed by atoms with Crippen LogP contribution in [0.3, 0.4) is 0 Å². The van der Waals surface area contributed by atoms with E-state index < -0.39 is 59.6 Å². The van der Waals surface area contributed by atoms with Gasteiger partial charge in [-0.25, -0.2) is 4.79 Å². The summed E-state index contributed by atoms with van der Waals surface area (Å²) in [5.41, 5.74) is 5.72. The van der Waals surface area contributed by atoms with E-state index in [0.29, 0.717) is 13.8 Å². The van der Waals surface area contributed by atoms with E-state index in [1.165, 1.54) is 0 Å². The second-order valence-corrected chi connectivity index (χ2v) is 5.94. The molecule has 1 aliphatic rings. The molecule has 1 N–H and O–H groups in total. The van der Waals surface area contributed by atoms with Crippen molar-refractivity contribution in [3.05, 3.63) is 33.2 Å². The van der Waals surface area contributed by atoms with Crippen LogP contribution in [0.2, 0.25) is 0 Å². The lowest BCUT2D eigenvalue weighted by atomic mass is 9.71. The number of ether oxygens (including phenoxy) is 2. The molecule has 0 bridgehead atoms. The zero-order valence-electron chi connectivity index (χ0n) is 15.1. The topological polar surface area (TPSA) is 153 Å². The van der Waals surface area contributed by atoms with E-state index in [1.807, 2.05) is 0 Å². The number of nitrogens with zero attached hydrogens (tertiary/aromatic N) is 6. The monoisotopic (exact) mass is 450 g/mol. The number of alkyl halides is 7. The van der Waals surface area contributed by atoms with Crippen LogP contribution in [-0.4, -0.2) is 46.2 Å². The van der Waals surface area contributed by atoms with Crippen LogP contribution < -0.4 is 0 Å². The van der Waals surface area contributed by atoms with E-state index >= 15 is 8.78 Å². The SMILES string of the molecule is C=C(N=[N+]=[N-])C(=O)OC1(N=[N+]=[N-])OC(CC)(C(F)(F)F)C(F)(F)C(O)(CC)C1(F)F. The molecule has 3 unspecified atom stereocenters. The number of carbonyl (C=O) groups is 1. The Morgan fingerprint density at radius 3 is 2.03 bits per heavy atom. The zero-order valence-corrected chi connectivity index (χ0v) is 15.1. The molecule has 0 spiro atoms. The van der Waals surface area contributed by atoms with Gasteiger partial charge in [0.25, 0.3) is 0 Å². The summed E-state index contributed by atoms with van der Waals surface area (Å²) >= 11 is 0. The lowest BCUT2D eigenvalue weighted by Crippen LogP contribution is -2.84. The highest BCUT2D eigenvalue weighted by molar-refractivity contribution is 5.87. The molecule has 0 aromatic rings. The number of carbonyl (C=O) groups excluding carboxylic acids is 1. The second kappa shape index (κ2) is 7.50. The first-order valence-electron chi connectivity index (χ1n) is 7.79. The van der Waals surface area contributed by atoms with Crippen molar-refractivity contribution >= 4 is 5.97 Å². The normalized spacial score (nSPS) is 32.3. The fourth-order valence-electron chi connectivity index (χ4n) is 2.86. The van der Waals surface area contributed by atoms with Gasteiger partial charge in [0.2, 0.25) is 11.2 Å². The van der Waals surface area contributed by atoms with Gasteiger partial charge in [-0.2, -0.15) is 30.7 Å². The highest BCUT2D eigenvalue weighted by Crippen LogP contribution is 2.65. The Labute approximate surface area is 162 Å². The fraction of sp³-hybridized carbons (Fsp3) is 0.769. The Bertz CT molecular complexity index is 838. The van der Waals surface area contributed by atoms with Crippen LogP contribution in [0.5, 0.6) is 0 Å². The average molecular weight is 450 g/mol. The first-order chi connectivity index (χ1) is 13.5. The predicted molar refractivity (Wildman–Crippen MR) is 81.6 cm³/mol. The molecule has 10 nitrogen and oxygen atoms in total. The summed E-state index contributed by atoms with van der Waals surface area (Å²) in [6.45, 7) is 3.73. The standard InChI is InChI=1S/C13H13F7N6O4/c1-4-8(28)10(14,15)9(5-2,12(18,19)20)30-13(24-26-22,11(8,16)17)29-7(27)6(3)23-25-21/h28H,3-5H2,1-2H3. The largest absolute Gasteiger partial charge is 0.423 e. The van der Waals surface area contributed by atoms with Crippen LogP contribution in [0.4, 0.5) is 30.7 Å². The molecule has 0 saturated carbocycles. The van der Waals surface area contributed by atoms with Gasteiger partial charge in [-0.15, -0.1) is 0 Å². The van der Waals surface area contributed by atoms with Gasteiger partial charge < -0.3 is 14.6 Å². The van der Waals surface area contributed by atoms with Crippen molar-refractivity contribution in [3.63, 3.8) is 0 Å². The lowest BCUT2D eigenvalue weighted by Gasteiger charge is -2.58. The summed E-state index contributed by atoms with van der Waals surface area (Å²) in [5.74, 6) is -18.3. The van der Waals surface area contributed by atoms with Crippen LogP contribution in [0.15, 0.2) is 22.5 Å². The van der Waals surface area contributed by atoms with E-state index in [9.17, 15) is 31.9 Å². The number of halogens is 7. The first-order valence-corrected chi connectivity index (χ1v) is 7.79. The van der Waals surface area contributed by atoms with Crippen molar-refractivity contribution in [3.8, 4) is 0 Å². The lowest BCUT2D eigenvalue weighted by molar-refractivity contribution is -0.518. The van der Waals surface area contributed by atoms with Gasteiger partial charge in [0.05, 0.1) is 0 Å². The van der Waals surface area contributed by atoms with Crippen molar-refractivity contribution in [1.82, 2.24) is 0 Å². The maximum absolute atomic E-state index is 15.0. The van der Waals surface area contributed by atoms with E-state index in [1.54, 1.807) is 4.91 Å². The van der Waals surface area contributed by atoms with E-state index in [4.69, 9.17) is 11.1 Å². The summed E-state index contributed by atoms with van der Waals surface area (Å²) in [7, 11) is 0. The number of hydrogen-bond donors (Lipinski definition) is 1. The molecule has 1 saturated heterocycles. The summed E-state index contributed by atoms with van der Waals surface area (Å²) in [6.07, 6.45) is -9.65. The average Bonchev–Trinajstić information content (AvgIpc) is 2.62. The van der Waals surface area contributed by atoms with Gasteiger partial charge in [0.1, 0.15) is 5.70 Å². The minimum Gasteiger partial charge on any atom is -0.417 e. The third-order valence-electron chi connectivity index (χ3n) is 4.53. The van der Waals surface area contributed by atoms with Gasteiger partial charge in [0, 0.05) is 9.82 Å². The number of hydrogen-bond acceptors (Lipinski definition) is 6. The smallest absolute Gasteiger partial charge is 0.417 e.